The van der Waals surface area contributed by atoms with E-state index in [9.17, 15) is 8.42 Å². The molecule has 0 saturated heterocycles. The maximum absolute atomic E-state index is 12.1. The third-order valence-corrected chi connectivity index (χ3v) is 4.61. The van der Waals surface area contributed by atoms with E-state index >= 15 is 0 Å². The first kappa shape index (κ1) is 12.8. The molecule has 0 aliphatic carbocycles. The van der Waals surface area contributed by atoms with Gasteiger partial charge in [-0.05, 0) is 31.0 Å². The lowest BCUT2D eigenvalue weighted by Crippen LogP contribution is -2.09. The van der Waals surface area contributed by atoms with Crippen molar-refractivity contribution >= 4 is 9.84 Å². The molecule has 2 rings (SSSR count). The molecule has 0 aromatic heterocycles. The Balaban J connectivity index is 2.08. The number of benzene rings is 2. The van der Waals surface area contributed by atoms with Gasteiger partial charge in [0.15, 0.2) is 9.84 Å². The number of sulfone groups is 1. The van der Waals surface area contributed by atoms with Crippen LogP contribution < -0.4 is 0 Å². The molecule has 0 heterocycles. The summed E-state index contributed by atoms with van der Waals surface area (Å²) in [5, 5.41) is 0. The van der Waals surface area contributed by atoms with Crippen molar-refractivity contribution in [2.45, 2.75) is 18.2 Å². The van der Waals surface area contributed by atoms with Crippen molar-refractivity contribution in [3.8, 4) is 0 Å². The predicted octanol–water partition coefficient (Wildman–Crippen LogP) is 3.01. The van der Waals surface area contributed by atoms with E-state index in [0.29, 0.717) is 11.3 Å². The van der Waals surface area contributed by atoms with Crippen LogP contribution in [0.3, 0.4) is 0 Å². The van der Waals surface area contributed by atoms with Gasteiger partial charge in [0.2, 0.25) is 0 Å². The standard InChI is InChI=1S/C15H16O2S/c1-13-7-9-14(10-8-13)11-12-18(16,17)15-5-3-2-4-6-15/h2-10H,11-12H2,1H3. The normalized spacial score (nSPS) is 11.4. The lowest BCUT2D eigenvalue weighted by Gasteiger charge is -2.05. The quantitative estimate of drug-likeness (QED) is 0.847. The van der Waals surface area contributed by atoms with Gasteiger partial charge in [-0.3, -0.25) is 0 Å². The minimum Gasteiger partial charge on any atom is -0.224 e. The Morgan fingerprint density at radius 2 is 1.50 bits per heavy atom. The van der Waals surface area contributed by atoms with E-state index in [1.54, 1.807) is 24.3 Å². The second-order valence-electron chi connectivity index (χ2n) is 4.37. The molecule has 18 heavy (non-hydrogen) atoms. The van der Waals surface area contributed by atoms with Crippen LogP contribution in [-0.4, -0.2) is 14.2 Å². The summed E-state index contributed by atoms with van der Waals surface area (Å²) in [4.78, 5) is 0.400. The van der Waals surface area contributed by atoms with E-state index in [2.05, 4.69) is 0 Å². The van der Waals surface area contributed by atoms with Crippen LogP contribution in [0.1, 0.15) is 11.1 Å². The fourth-order valence-electron chi connectivity index (χ4n) is 1.75. The van der Waals surface area contributed by atoms with Gasteiger partial charge in [-0.15, -0.1) is 0 Å². The van der Waals surface area contributed by atoms with Gasteiger partial charge in [0, 0.05) is 0 Å². The van der Waals surface area contributed by atoms with Gasteiger partial charge in [-0.25, -0.2) is 8.42 Å². The van der Waals surface area contributed by atoms with Crippen LogP contribution in [0.15, 0.2) is 59.5 Å². The third-order valence-electron chi connectivity index (χ3n) is 2.88. The first-order valence-corrected chi connectivity index (χ1v) is 7.56. The zero-order chi connectivity index (χ0) is 13.0. The van der Waals surface area contributed by atoms with Crippen molar-refractivity contribution in [1.29, 1.82) is 0 Å². The van der Waals surface area contributed by atoms with Gasteiger partial charge in [0.25, 0.3) is 0 Å². The Labute approximate surface area is 108 Å². The zero-order valence-electron chi connectivity index (χ0n) is 10.3. The summed E-state index contributed by atoms with van der Waals surface area (Å²) in [5.41, 5.74) is 2.24. The number of rotatable bonds is 4. The maximum Gasteiger partial charge on any atom is 0.178 e. The van der Waals surface area contributed by atoms with E-state index in [4.69, 9.17) is 0 Å². The molecule has 2 aromatic carbocycles. The van der Waals surface area contributed by atoms with Gasteiger partial charge in [0.05, 0.1) is 10.6 Å². The number of hydrogen-bond donors (Lipinski definition) is 0. The highest BCUT2D eigenvalue weighted by Crippen LogP contribution is 2.12. The van der Waals surface area contributed by atoms with Crippen molar-refractivity contribution in [3.63, 3.8) is 0 Å². The minimum atomic E-state index is -3.17. The van der Waals surface area contributed by atoms with E-state index in [1.165, 1.54) is 5.56 Å². The summed E-state index contributed by atoms with van der Waals surface area (Å²) >= 11 is 0. The highest BCUT2D eigenvalue weighted by atomic mass is 32.2. The second kappa shape index (κ2) is 5.36. The van der Waals surface area contributed by atoms with Gasteiger partial charge in [-0.1, -0.05) is 48.0 Å². The molecule has 0 radical (unpaired) electrons. The molecule has 0 spiro atoms. The molecule has 3 heteroatoms. The van der Waals surface area contributed by atoms with Crippen LogP contribution in [0.4, 0.5) is 0 Å². The van der Waals surface area contributed by atoms with E-state index in [1.807, 2.05) is 37.3 Å². The Kier molecular flexibility index (Phi) is 3.82. The minimum absolute atomic E-state index is 0.153. The molecule has 0 saturated carbocycles. The number of hydrogen-bond acceptors (Lipinski definition) is 2. The van der Waals surface area contributed by atoms with Crippen LogP contribution in [0.5, 0.6) is 0 Å². The fourth-order valence-corrected chi connectivity index (χ4v) is 3.06. The van der Waals surface area contributed by atoms with Crippen LogP contribution >= 0.6 is 0 Å². The molecule has 94 valence electrons. The first-order valence-electron chi connectivity index (χ1n) is 5.91. The smallest absolute Gasteiger partial charge is 0.178 e. The fraction of sp³-hybridized carbons (Fsp3) is 0.200. The molecule has 0 amide bonds. The largest absolute Gasteiger partial charge is 0.224 e. The Hall–Kier alpha value is -1.61. The molecule has 0 atom stereocenters. The summed E-state index contributed by atoms with van der Waals surface area (Å²) in [5.74, 6) is 0.153. The van der Waals surface area contributed by atoms with E-state index in [-0.39, 0.29) is 5.75 Å². The van der Waals surface area contributed by atoms with Crippen LogP contribution in [0, 0.1) is 6.92 Å². The van der Waals surface area contributed by atoms with Gasteiger partial charge >= 0.3 is 0 Å². The van der Waals surface area contributed by atoms with Gasteiger partial charge in [0.1, 0.15) is 0 Å². The average molecular weight is 260 g/mol. The zero-order valence-corrected chi connectivity index (χ0v) is 11.2. The van der Waals surface area contributed by atoms with Crippen LogP contribution in [0.25, 0.3) is 0 Å². The van der Waals surface area contributed by atoms with Crippen molar-refractivity contribution in [3.05, 3.63) is 65.7 Å². The Morgan fingerprint density at radius 3 is 2.11 bits per heavy atom. The highest BCUT2D eigenvalue weighted by molar-refractivity contribution is 7.91. The van der Waals surface area contributed by atoms with Gasteiger partial charge < -0.3 is 0 Å². The Morgan fingerprint density at radius 1 is 0.889 bits per heavy atom. The molecular weight excluding hydrogens is 244 g/mol. The SMILES string of the molecule is Cc1ccc(CCS(=O)(=O)c2ccccc2)cc1. The summed E-state index contributed by atoms with van der Waals surface area (Å²) in [6.45, 7) is 2.02. The average Bonchev–Trinajstić information content (AvgIpc) is 2.39. The van der Waals surface area contributed by atoms with E-state index < -0.39 is 9.84 Å². The summed E-state index contributed by atoms with van der Waals surface area (Å²) in [7, 11) is -3.17. The Bertz CT molecular complexity index is 599. The van der Waals surface area contributed by atoms with E-state index in [0.717, 1.165) is 5.56 Å². The molecule has 2 aromatic rings. The lowest BCUT2D eigenvalue weighted by atomic mass is 10.1. The molecule has 0 unspecified atom stereocenters. The van der Waals surface area contributed by atoms with Crippen molar-refractivity contribution in [2.75, 3.05) is 5.75 Å². The summed E-state index contributed by atoms with van der Waals surface area (Å²) in [6.07, 6.45) is 0.553. The predicted molar refractivity (Wildman–Crippen MR) is 73.4 cm³/mol. The molecule has 2 nitrogen and oxygen atoms in total. The molecular formula is C15H16O2S. The van der Waals surface area contributed by atoms with Crippen molar-refractivity contribution < 1.29 is 8.42 Å². The molecule has 0 bridgehead atoms. The molecule has 0 fully saturated rings. The van der Waals surface area contributed by atoms with Gasteiger partial charge in [-0.2, -0.15) is 0 Å². The number of aryl methyl sites for hydroxylation is 2. The third kappa shape index (κ3) is 3.20. The molecule has 0 N–H and O–H groups in total. The van der Waals surface area contributed by atoms with Crippen LogP contribution in [0.2, 0.25) is 0 Å². The summed E-state index contributed by atoms with van der Waals surface area (Å²) < 4.78 is 24.1. The molecule has 0 aliphatic rings. The van der Waals surface area contributed by atoms with Crippen molar-refractivity contribution in [2.24, 2.45) is 0 Å². The first-order chi connectivity index (χ1) is 8.58. The van der Waals surface area contributed by atoms with Crippen molar-refractivity contribution in [1.82, 2.24) is 0 Å². The van der Waals surface area contributed by atoms with Crippen LogP contribution in [-0.2, 0) is 16.3 Å². The second-order valence-corrected chi connectivity index (χ2v) is 6.48. The maximum atomic E-state index is 12.1. The molecule has 0 aliphatic heterocycles. The topological polar surface area (TPSA) is 34.1 Å². The summed E-state index contributed by atoms with van der Waals surface area (Å²) in [6, 6.07) is 16.6. The highest BCUT2D eigenvalue weighted by Gasteiger charge is 2.13. The monoisotopic (exact) mass is 260 g/mol. The lowest BCUT2D eigenvalue weighted by molar-refractivity contribution is 0.595.